The summed E-state index contributed by atoms with van der Waals surface area (Å²) in [6.07, 6.45) is 2.67. The van der Waals surface area contributed by atoms with Crippen molar-refractivity contribution in [1.82, 2.24) is 4.31 Å². The number of hydrogen-bond donors (Lipinski definition) is 2. The van der Waals surface area contributed by atoms with Gasteiger partial charge in [-0.2, -0.15) is 4.31 Å². The van der Waals surface area contributed by atoms with Crippen LogP contribution in [0, 0.1) is 10.1 Å². The maximum absolute atomic E-state index is 12.9. The van der Waals surface area contributed by atoms with Gasteiger partial charge in [0, 0.05) is 32.1 Å². The molecule has 0 atom stereocenters. The molecule has 2 aromatic carbocycles. The lowest BCUT2D eigenvalue weighted by molar-refractivity contribution is -0.384. The number of amides is 1. The van der Waals surface area contributed by atoms with Crippen molar-refractivity contribution >= 4 is 33.0 Å². The molecule has 1 amide bonds. The number of ether oxygens (including phenoxy) is 1. The molecule has 172 valence electrons. The van der Waals surface area contributed by atoms with Gasteiger partial charge in [0.2, 0.25) is 15.9 Å². The first kappa shape index (κ1) is 23.5. The summed E-state index contributed by atoms with van der Waals surface area (Å²) < 4.78 is 32.6. The Hall–Kier alpha value is -3.18. The van der Waals surface area contributed by atoms with Gasteiger partial charge in [-0.1, -0.05) is 18.6 Å². The molecular formula is C21H26N4O6S. The van der Waals surface area contributed by atoms with Crippen molar-refractivity contribution in [2.45, 2.75) is 30.6 Å². The molecule has 0 bridgehead atoms. The Morgan fingerprint density at radius 2 is 1.84 bits per heavy atom. The fraction of sp³-hybridized carbons (Fsp3) is 0.381. The maximum atomic E-state index is 12.9. The normalized spacial score (nSPS) is 14.5. The fourth-order valence-electron chi connectivity index (χ4n) is 3.51. The molecule has 0 aliphatic carbocycles. The SMILES string of the molecule is COc1ccc(S(=O)(=O)N2CCCCC2)cc1NC(=O)CCNc1ccccc1[N+](=O)[O-]. The van der Waals surface area contributed by atoms with Crippen LogP contribution in [0.3, 0.4) is 0 Å². The lowest BCUT2D eigenvalue weighted by atomic mass is 10.2. The molecule has 0 spiro atoms. The van der Waals surface area contributed by atoms with Crippen LogP contribution in [-0.4, -0.2) is 50.3 Å². The van der Waals surface area contributed by atoms with Crippen molar-refractivity contribution in [3.05, 3.63) is 52.6 Å². The van der Waals surface area contributed by atoms with Crippen LogP contribution in [0.1, 0.15) is 25.7 Å². The van der Waals surface area contributed by atoms with Gasteiger partial charge in [0.15, 0.2) is 0 Å². The van der Waals surface area contributed by atoms with E-state index in [1.54, 1.807) is 18.2 Å². The van der Waals surface area contributed by atoms with E-state index in [2.05, 4.69) is 10.6 Å². The first-order valence-electron chi connectivity index (χ1n) is 10.3. The summed E-state index contributed by atoms with van der Waals surface area (Å²) in [6.45, 7) is 1.12. The van der Waals surface area contributed by atoms with Crippen molar-refractivity contribution in [3.8, 4) is 5.75 Å². The predicted octanol–water partition coefficient (Wildman–Crippen LogP) is 3.22. The molecule has 32 heavy (non-hydrogen) atoms. The van der Waals surface area contributed by atoms with Gasteiger partial charge < -0.3 is 15.4 Å². The van der Waals surface area contributed by atoms with Gasteiger partial charge in [-0.05, 0) is 37.1 Å². The molecule has 10 nitrogen and oxygen atoms in total. The first-order valence-corrected chi connectivity index (χ1v) is 11.7. The number of piperidine rings is 1. The number of methoxy groups -OCH3 is 1. The van der Waals surface area contributed by atoms with Crippen molar-refractivity contribution in [2.24, 2.45) is 0 Å². The molecule has 0 aromatic heterocycles. The van der Waals surface area contributed by atoms with Crippen LogP contribution < -0.4 is 15.4 Å². The van der Waals surface area contributed by atoms with E-state index < -0.39 is 14.9 Å². The monoisotopic (exact) mass is 462 g/mol. The van der Waals surface area contributed by atoms with E-state index >= 15 is 0 Å². The lowest BCUT2D eigenvalue weighted by Gasteiger charge is -2.26. The van der Waals surface area contributed by atoms with Gasteiger partial charge in [0.1, 0.15) is 11.4 Å². The molecule has 11 heteroatoms. The maximum Gasteiger partial charge on any atom is 0.292 e. The number of nitrogens with zero attached hydrogens (tertiary/aromatic N) is 2. The number of benzene rings is 2. The minimum absolute atomic E-state index is 0.0122. The molecule has 3 rings (SSSR count). The summed E-state index contributed by atoms with van der Waals surface area (Å²) >= 11 is 0. The zero-order valence-corrected chi connectivity index (χ0v) is 18.6. The predicted molar refractivity (Wildman–Crippen MR) is 120 cm³/mol. The number of carbonyl (C=O) groups is 1. The molecule has 2 N–H and O–H groups in total. The summed E-state index contributed by atoms with van der Waals surface area (Å²) in [4.78, 5) is 23.1. The molecule has 2 aromatic rings. The molecule has 1 aliphatic rings. The fourth-order valence-corrected chi connectivity index (χ4v) is 5.05. The Morgan fingerprint density at radius 3 is 2.53 bits per heavy atom. The van der Waals surface area contributed by atoms with Gasteiger partial charge in [-0.25, -0.2) is 8.42 Å². The van der Waals surface area contributed by atoms with E-state index in [4.69, 9.17) is 4.74 Å². The highest BCUT2D eigenvalue weighted by Gasteiger charge is 2.27. The van der Waals surface area contributed by atoms with Crippen LogP contribution in [0.5, 0.6) is 5.75 Å². The molecule has 1 aliphatic heterocycles. The van der Waals surface area contributed by atoms with Crippen LogP contribution in [-0.2, 0) is 14.8 Å². The Labute approximate surface area is 186 Å². The minimum Gasteiger partial charge on any atom is -0.495 e. The van der Waals surface area contributed by atoms with Crippen molar-refractivity contribution in [2.75, 3.05) is 37.4 Å². The molecule has 1 heterocycles. The highest BCUT2D eigenvalue weighted by atomic mass is 32.2. The van der Waals surface area contributed by atoms with Crippen LogP contribution >= 0.6 is 0 Å². The van der Waals surface area contributed by atoms with E-state index in [0.717, 1.165) is 19.3 Å². The van der Waals surface area contributed by atoms with Gasteiger partial charge in [0.25, 0.3) is 5.69 Å². The Bertz CT molecular complexity index is 1080. The van der Waals surface area contributed by atoms with Crippen LogP contribution in [0.15, 0.2) is 47.4 Å². The summed E-state index contributed by atoms with van der Waals surface area (Å²) in [7, 11) is -2.23. The number of para-hydroxylation sites is 2. The zero-order valence-electron chi connectivity index (χ0n) is 17.7. The van der Waals surface area contributed by atoms with Crippen LogP contribution in [0.25, 0.3) is 0 Å². The Morgan fingerprint density at radius 1 is 1.12 bits per heavy atom. The topological polar surface area (TPSA) is 131 Å². The van der Waals surface area contributed by atoms with E-state index in [9.17, 15) is 23.3 Å². The standard InChI is InChI=1S/C21H26N4O6S/c1-31-20-10-9-16(32(29,30)24-13-5-2-6-14-24)15-18(20)23-21(26)11-12-22-17-7-3-4-8-19(17)25(27)28/h3-4,7-10,15,22H,2,5-6,11-14H2,1H3,(H,23,26). The highest BCUT2D eigenvalue weighted by Crippen LogP contribution is 2.30. The summed E-state index contributed by atoms with van der Waals surface area (Å²) in [6, 6.07) is 10.5. The molecule has 1 fully saturated rings. The number of sulfonamides is 1. The van der Waals surface area contributed by atoms with E-state index in [0.29, 0.717) is 24.5 Å². The van der Waals surface area contributed by atoms with Crippen molar-refractivity contribution < 1.29 is 22.9 Å². The number of nitro groups is 1. The lowest BCUT2D eigenvalue weighted by Crippen LogP contribution is -2.35. The zero-order chi connectivity index (χ0) is 23.1. The molecule has 0 unspecified atom stereocenters. The average Bonchev–Trinajstić information content (AvgIpc) is 2.79. The van der Waals surface area contributed by atoms with Crippen LogP contribution in [0.4, 0.5) is 17.1 Å². The number of anilines is 2. The first-order chi connectivity index (χ1) is 15.3. The summed E-state index contributed by atoms with van der Waals surface area (Å²) in [5.74, 6) is -0.0514. The third-order valence-corrected chi connectivity index (χ3v) is 7.06. The third-order valence-electron chi connectivity index (χ3n) is 5.17. The van der Waals surface area contributed by atoms with Gasteiger partial charge >= 0.3 is 0 Å². The second kappa shape index (κ2) is 10.4. The van der Waals surface area contributed by atoms with Gasteiger partial charge in [-0.15, -0.1) is 0 Å². The largest absolute Gasteiger partial charge is 0.495 e. The van der Waals surface area contributed by atoms with Crippen LogP contribution in [0.2, 0.25) is 0 Å². The van der Waals surface area contributed by atoms with Gasteiger partial charge in [-0.3, -0.25) is 14.9 Å². The van der Waals surface area contributed by atoms with Gasteiger partial charge in [0.05, 0.1) is 22.6 Å². The smallest absolute Gasteiger partial charge is 0.292 e. The summed E-state index contributed by atoms with van der Waals surface area (Å²) in [5.41, 5.74) is 0.490. The quantitative estimate of drug-likeness (QED) is 0.432. The van der Waals surface area contributed by atoms with E-state index in [-0.39, 0.29) is 35.1 Å². The van der Waals surface area contributed by atoms with Crippen molar-refractivity contribution in [3.63, 3.8) is 0 Å². The third kappa shape index (κ3) is 5.54. The molecule has 1 saturated heterocycles. The Kier molecular flexibility index (Phi) is 7.65. The molecular weight excluding hydrogens is 436 g/mol. The number of hydrogen-bond acceptors (Lipinski definition) is 7. The number of carbonyl (C=O) groups excluding carboxylic acids is 1. The number of nitrogens with one attached hydrogen (secondary N) is 2. The Balaban J connectivity index is 1.67. The van der Waals surface area contributed by atoms with Crippen molar-refractivity contribution in [1.29, 1.82) is 0 Å². The highest BCUT2D eigenvalue weighted by molar-refractivity contribution is 7.89. The van der Waals surface area contributed by atoms with E-state index in [1.165, 1.54) is 35.7 Å². The number of rotatable bonds is 9. The second-order valence-corrected chi connectivity index (χ2v) is 9.26. The summed E-state index contributed by atoms with van der Waals surface area (Å²) in [5, 5.41) is 16.6. The van der Waals surface area contributed by atoms with E-state index in [1.807, 2.05) is 0 Å². The number of nitro benzene ring substituents is 1. The molecule has 0 radical (unpaired) electrons. The minimum atomic E-state index is -3.66. The molecule has 0 saturated carbocycles. The second-order valence-electron chi connectivity index (χ2n) is 7.33. The average molecular weight is 463 g/mol.